The van der Waals surface area contributed by atoms with Crippen molar-refractivity contribution in [1.29, 1.82) is 0 Å². The average Bonchev–Trinajstić information content (AvgIpc) is 3.05. The van der Waals surface area contributed by atoms with Crippen LogP contribution < -0.4 is 5.32 Å². The summed E-state index contributed by atoms with van der Waals surface area (Å²) in [4.78, 5) is 26.9. The van der Waals surface area contributed by atoms with E-state index in [2.05, 4.69) is 10.3 Å². The van der Waals surface area contributed by atoms with Crippen LogP contribution in [0.2, 0.25) is 0 Å². The van der Waals surface area contributed by atoms with Crippen LogP contribution in [-0.2, 0) is 9.59 Å². The third kappa shape index (κ3) is 2.31. The van der Waals surface area contributed by atoms with Crippen molar-refractivity contribution in [3.63, 3.8) is 0 Å². The molecule has 1 aromatic carbocycles. The maximum Gasteiger partial charge on any atom is 0.307 e. The Hall–Kier alpha value is -1.95. The molecule has 1 aliphatic rings. The van der Waals surface area contributed by atoms with Gasteiger partial charge in [-0.3, -0.25) is 9.59 Å². The Labute approximate surface area is 113 Å². The first-order chi connectivity index (χ1) is 9.04. The number of hydrogen-bond donors (Lipinski definition) is 2. The number of rotatable bonds is 3. The van der Waals surface area contributed by atoms with Crippen LogP contribution in [0.1, 0.15) is 12.0 Å². The minimum Gasteiger partial charge on any atom is -0.481 e. The van der Waals surface area contributed by atoms with Crippen molar-refractivity contribution in [2.45, 2.75) is 13.3 Å². The number of fused-ring (bicyclic) bond motifs is 1. The van der Waals surface area contributed by atoms with Gasteiger partial charge in [0.05, 0.1) is 22.1 Å². The SMILES string of the molecule is Cc1ccc2nc(NC(=O)[C@@H]3C[C@@H]3C(=O)O)sc2c1. The zero-order valence-electron chi connectivity index (χ0n) is 10.2. The first kappa shape index (κ1) is 12.1. The highest BCUT2D eigenvalue weighted by Gasteiger charge is 2.48. The van der Waals surface area contributed by atoms with Gasteiger partial charge >= 0.3 is 5.97 Å². The molecule has 2 atom stereocenters. The van der Waals surface area contributed by atoms with Crippen LogP contribution in [0.15, 0.2) is 18.2 Å². The summed E-state index contributed by atoms with van der Waals surface area (Å²) in [7, 11) is 0. The standard InChI is InChI=1S/C13H12N2O3S/c1-6-2-3-9-10(4-6)19-13(14-9)15-11(16)7-5-8(7)12(17)18/h2-4,7-8H,5H2,1H3,(H,17,18)(H,14,15,16)/t7-,8+/m1/s1. The molecule has 1 fully saturated rings. The number of aliphatic carboxylic acids is 1. The number of nitrogens with one attached hydrogen (secondary N) is 1. The van der Waals surface area contributed by atoms with E-state index >= 15 is 0 Å². The molecule has 1 amide bonds. The van der Waals surface area contributed by atoms with Gasteiger partial charge in [0.15, 0.2) is 5.13 Å². The zero-order chi connectivity index (χ0) is 13.6. The Morgan fingerprint density at radius 2 is 2.21 bits per heavy atom. The fraction of sp³-hybridized carbons (Fsp3) is 0.308. The molecule has 0 spiro atoms. The zero-order valence-corrected chi connectivity index (χ0v) is 11.0. The quantitative estimate of drug-likeness (QED) is 0.901. The van der Waals surface area contributed by atoms with Gasteiger partial charge in [-0.25, -0.2) is 4.98 Å². The first-order valence-electron chi connectivity index (χ1n) is 5.95. The van der Waals surface area contributed by atoms with E-state index in [0.29, 0.717) is 11.6 Å². The molecule has 1 heterocycles. The summed E-state index contributed by atoms with van der Waals surface area (Å²) in [5, 5.41) is 12.0. The van der Waals surface area contributed by atoms with Crippen LogP contribution >= 0.6 is 11.3 Å². The lowest BCUT2D eigenvalue weighted by molar-refractivity contribution is -0.139. The monoisotopic (exact) mass is 276 g/mol. The number of nitrogens with zero attached hydrogens (tertiary/aromatic N) is 1. The largest absolute Gasteiger partial charge is 0.481 e. The smallest absolute Gasteiger partial charge is 0.307 e. The summed E-state index contributed by atoms with van der Waals surface area (Å²) in [5.41, 5.74) is 1.98. The Kier molecular flexibility index (Phi) is 2.74. The molecule has 2 aromatic rings. The van der Waals surface area contributed by atoms with Crippen molar-refractivity contribution >= 4 is 38.6 Å². The maximum absolute atomic E-state index is 11.8. The van der Waals surface area contributed by atoms with Crippen LogP contribution in [0.4, 0.5) is 5.13 Å². The summed E-state index contributed by atoms with van der Waals surface area (Å²) in [6.45, 7) is 2.00. The number of aryl methyl sites for hydroxylation is 1. The Balaban J connectivity index is 1.75. The molecule has 1 aliphatic carbocycles. The second kappa shape index (κ2) is 4.31. The number of thiazole rings is 1. The number of aromatic nitrogens is 1. The summed E-state index contributed by atoms with van der Waals surface area (Å²) in [6, 6.07) is 5.89. The van der Waals surface area contributed by atoms with E-state index in [0.717, 1.165) is 15.8 Å². The van der Waals surface area contributed by atoms with Crippen molar-refractivity contribution < 1.29 is 14.7 Å². The summed E-state index contributed by atoms with van der Waals surface area (Å²) in [6.07, 6.45) is 0.422. The van der Waals surface area contributed by atoms with Crippen molar-refractivity contribution in [1.82, 2.24) is 4.98 Å². The van der Waals surface area contributed by atoms with Crippen molar-refractivity contribution in [3.05, 3.63) is 23.8 Å². The van der Waals surface area contributed by atoms with E-state index < -0.39 is 17.8 Å². The molecule has 98 valence electrons. The summed E-state index contributed by atoms with van der Waals surface area (Å²) >= 11 is 1.40. The Morgan fingerprint density at radius 3 is 2.89 bits per heavy atom. The van der Waals surface area contributed by atoms with Crippen LogP contribution in [-0.4, -0.2) is 22.0 Å². The number of carboxylic acid groups (broad SMARTS) is 1. The highest BCUT2D eigenvalue weighted by Crippen LogP contribution is 2.40. The molecule has 0 unspecified atom stereocenters. The predicted octanol–water partition coefficient (Wildman–Crippen LogP) is 2.26. The number of benzene rings is 1. The molecule has 0 saturated heterocycles. The van der Waals surface area contributed by atoms with E-state index in [-0.39, 0.29) is 5.91 Å². The van der Waals surface area contributed by atoms with Gasteiger partial charge in [0.1, 0.15) is 0 Å². The predicted molar refractivity (Wildman–Crippen MR) is 72.2 cm³/mol. The Bertz CT molecular complexity index is 680. The van der Waals surface area contributed by atoms with Crippen LogP contribution in [0, 0.1) is 18.8 Å². The molecule has 2 N–H and O–H groups in total. The second-order valence-corrected chi connectivity index (χ2v) is 5.80. The number of carbonyl (C=O) groups excluding carboxylic acids is 1. The number of amides is 1. The van der Waals surface area contributed by atoms with E-state index in [1.165, 1.54) is 11.3 Å². The molecule has 0 aliphatic heterocycles. The lowest BCUT2D eigenvalue weighted by Crippen LogP contribution is -2.16. The number of carbonyl (C=O) groups is 2. The average molecular weight is 276 g/mol. The number of hydrogen-bond acceptors (Lipinski definition) is 4. The van der Waals surface area contributed by atoms with Gasteiger partial charge in [-0.2, -0.15) is 0 Å². The third-order valence-corrected chi connectivity index (χ3v) is 4.15. The normalized spacial score (nSPS) is 21.3. The van der Waals surface area contributed by atoms with E-state index in [1.54, 1.807) is 0 Å². The molecule has 1 aromatic heterocycles. The first-order valence-corrected chi connectivity index (χ1v) is 6.77. The topological polar surface area (TPSA) is 79.3 Å². The lowest BCUT2D eigenvalue weighted by atomic mass is 10.2. The van der Waals surface area contributed by atoms with Crippen molar-refractivity contribution in [2.24, 2.45) is 11.8 Å². The van der Waals surface area contributed by atoms with E-state index in [4.69, 9.17) is 5.11 Å². The molecule has 5 nitrogen and oxygen atoms in total. The second-order valence-electron chi connectivity index (χ2n) is 4.77. The van der Waals surface area contributed by atoms with Gasteiger partial charge in [-0.15, -0.1) is 0 Å². The van der Waals surface area contributed by atoms with Gasteiger partial charge in [-0.05, 0) is 31.0 Å². The van der Waals surface area contributed by atoms with Crippen molar-refractivity contribution in [3.8, 4) is 0 Å². The molecule has 0 bridgehead atoms. The van der Waals surface area contributed by atoms with Crippen LogP contribution in [0.3, 0.4) is 0 Å². The molecule has 0 radical (unpaired) electrons. The van der Waals surface area contributed by atoms with Gasteiger partial charge in [-0.1, -0.05) is 17.4 Å². The van der Waals surface area contributed by atoms with Gasteiger partial charge in [0, 0.05) is 0 Å². The minimum atomic E-state index is -0.903. The minimum absolute atomic E-state index is 0.247. The number of carboxylic acids is 1. The molecule has 19 heavy (non-hydrogen) atoms. The van der Waals surface area contributed by atoms with E-state index in [9.17, 15) is 9.59 Å². The number of anilines is 1. The molecular formula is C13H12N2O3S. The van der Waals surface area contributed by atoms with Gasteiger partial charge in [0.2, 0.25) is 5.91 Å². The van der Waals surface area contributed by atoms with Gasteiger partial charge < -0.3 is 10.4 Å². The van der Waals surface area contributed by atoms with Gasteiger partial charge in [0.25, 0.3) is 0 Å². The maximum atomic E-state index is 11.8. The highest BCUT2D eigenvalue weighted by molar-refractivity contribution is 7.22. The van der Waals surface area contributed by atoms with Crippen molar-refractivity contribution in [2.75, 3.05) is 5.32 Å². The van der Waals surface area contributed by atoms with Crippen LogP contribution in [0.5, 0.6) is 0 Å². The fourth-order valence-electron chi connectivity index (χ4n) is 2.04. The lowest BCUT2D eigenvalue weighted by Gasteiger charge is -1.98. The summed E-state index contributed by atoms with van der Waals surface area (Å²) in [5.74, 6) is -2.09. The summed E-state index contributed by atoms with van der Waals surface area (Å²) < 4.78 is 1.01. The molecule has 3 rings (SSSR count). The van der Waals surface area contributed by atoms with E-state index in [1.807, 2.05) is 25.1 Å². The fourth-order valence-corrected chi connectivity index (χ4v) is 3.01. The third-order valence-electron chi connectivity index (χ3n) is 3.22. The van der Waals surface area contributed by atoms with Crippen LogP contribution in [0.25, 0.3) is 10.2 Å². The molecule has 1 saturated carbocycles. The Morgan fingerprint density at radius 1 is 1.42 bits per heavy atom. The molecule has 6 heteroatoms. The highest BCUT2D eigenvalue weighted by atomic mass is 32.1. The molecular weight excluding hydrogens is 264 g/mol.